The minimum absolute atomic E-state index is 0.208. The average molecular weight is 238 g/mol. The fraction of sp³-hybridized carbons (Fsp3) is 0.429. The number of hydrogen-bond donors (Lipinski definition) is 0. The molecule has 0 fully saturated rings. The number of halogens is 1. The van der Waals surface area contributed by atoms with Crippen molar-refractivity contribution in [1.82, 2.24) is 4.98 Å². The number of thioether (sulfide) groups is 1. The molecule has 1 aromatic heterocycles. The first-order chi connectivity index (χ1) is 6.22. The molecule has 0 saturated carbocycles. The highest BCUT2D eigenvalue weighted by molar-refractivity contribution is 7.99. The topological polar surface area (TPSA) is 39.2 Å². The van der Waals surface area contributed by atoms with E-state index in [-0.39, 0.29) is 5.97 Å². The highest BCUT2D eigenvalue weighted by Crippen LogP contribution is 2.22. The maximum absolute atomic E-state index is 10.7. The second-order valence-electron chi connectivity index (χ2n) is 2.15. The van der Waals surface area contributed by atoms with Crippen LogP contribution < -0.4 is 0 Å². The molecule has 13 heavy (non-hydrogen) atoms. The Hall–Kier alpha value is -0.260. The quantitative estimate of drug-likeness (QED) is 0.753. The van der Waals surface area contributed by atoms with Crippen LogP contribution in [0.15, 0.2) is 6.20 Å². The molecule has 0 atom stereocenters. The van der Waals surface area contributed by atoms with Crippen molar-refractivity contribution in [2.24, 2.45) is 0 Å². The molecule has 72 valence electrons. The number of hydrogen-bond acceptors (Lipinski definition) is 5. The Bertz CT molecular complexity index is 290. The van der Waals surface area contributed by atoms with Gasteiger partial charge in [0.05, 0.1) is 12.9 Å². The van der Waals surface area contributed by atoms with E-state index in [1.165, 1.54) is 30.2 Å². The summed E-state index contributed by atoms with van der Waals surface area (Å²) in [6.45, 7) is 0. The lowest BCUT2D eigenvalue weighted by Crippen LogP contribution is -2.02. The maximum atomic E-state index is 10.7. The largest absolute Gasteiger partial charge is 0.468 e. The fourth-order valence-corrected chi connectivity index (χ4v) is 2.57. The molecular weight excluding hydrogens is 230 g/mol. The zero-order valence-electron chi connectivity index (χ0n) is 6.95. The summed E-state index contributed by atoms with van der Waals surface area (Å²) in [4.78, 5) is 15.7. The Labute approximate surface area is 89.5 Å². The predicted octanol–water partition coefficient (Wildman–Crippen LogP) is 2.20. The smallest absolute Gasteiger partial charge is 0.315 e. The van der Waals surface area contributed by atoms with Crippen LogP contribution in [-0.4, -0.2) is 23.8 Å². The zero-order chi connectivity index (χ0) is 9.68. The standard InChI is InChI=1S/C7H8ClNO2S2/c1-11-6(10)4-12-3-5-2-9-7(8)13-5/h2H,3-4H2,1H3. The van der Waals surface area contributed by atoms with Crippen LogP contribution in [0.4, 0.5) is 0 Å². The van der Waals surface area contributed by atoms with Gasteiger partial charge in [-0.3, -0.25) is 4.79 Å². The van der Waals surface area contributed by atoms with Crippen molar-refractivity contribution in [2.45, 2.75) is 5.75 Å². The van der Waals surface area contributed by atoms with Crippen LogP contribution in [0.5, 0.6) is 0 Å². The molecule has 0 aromatic carbocycles. The molecule has 0 spiro atoms. The third kappa shape index (κ3) is 3.97. The van der Waals surface area contributed by atoms with E-state index in [2.05, 4.69) is 9.72 Å². The highest BCUT2D eigenvalue weighted by atomic mass is 35.5. The van der Waals surface area contributed by atoms with Gasteiger partial charge < -0.3 is 4.74 Å². The van der Waals surface area contributed by atoms with Gasteiger partial charge in [0.25, 0.3) is 0 Å². The first-order valence-electron chi connectivity index (χ1n) is 3.47. The Kier molecular flexibility index (Phi) is 4.55. The van der Waals surface area contributed by atoms with Crippen molar-refractivity contribution in [1.29, 1.82) is 0 Å². The van der Waals surface area contributed by atoms with E-state index in [1.54, 1.807) is 6.20 Å². The van der Waals surface area contributed by atoms with Crippen molar-refractivity contribution in [2.75, 3.05) is 12.9 Å². The molecule has 1 rings (SSSR count). The minimum Gasteiger partial charge on any atom is -0.468 e. The van der Waals surface area contributed by atoms with Gasteiger partial charge in [0.1, 0.15) is 0 Å². The maximum Gasteiger partial charge on any atom is 0.315 e. The van der Waals surface area contributed by atoms with Crippen molar-refractivity contribution in [3.05, 3.63) is 15.5 Å². The van der Waals surface area contributed by atoms with Crippen LogP contribution >= 0.6 is 34.7 Å². The summed E-state index contributed by atoms with van der Waals surface area (Å²) in [6.07, 6.45) is 1.72. The highest BCUT2D eigenvalue weighted by Gasteiger charge is 2.03. The number of aromatic nitrogens is 1. The Morgan fingerprint density at radius 1 is 1.85 bits per heavy atom. The number of thiazole rings is 1. The first-order valence-corrected chi connectivity index (χ1v) is 5.82. The molecule has 0 aliphatic heterocycles. The van der Waals surface area contributed by atoms with E-state index in [0.717, 1.165) is 10.6 Å². The lowest BCUT2D eigenvalue weighted by molar-refractivity contribution is -0.137. The van der Waals surface area contributed by atoms with E-state index >= 15 is 0 Å². The van der Waals surface area contributed by atoms with Crippen LogP contribution in [0, 0.1) is 0 Å². The summed E-state index contributed by atoms with van der Waals surface area (Å²) in [5, 5.41) is 0. The van der Waals surface area contributed by atoms with Gasteiger partial charge in [-0.2, -0.15) is 0 Å². The summed E-state index contributed by atoms with van der Waals surface area (Å²) >= 11 is 8.55. The monoisotopic (exact) mass is 237 g/mol. The molecule has 6 heteroatoms. The third-order valence-electron chi connectivity index (χ3n) is 1.22. The summed E-state index contributed by atoms with van der Waals surface area (Å²) in [6, 6.07) is 0. The SMILES string of the molecule is COC(=O)CSCc1cnc(Cl)s1. The zero-order valence-corrected chi connectivity index (χ0v) is 9.34. The van der Waals surface area contributed by atoms with Crippen molar-refractivity contribution >= 4 is 40.7 Å². The number of carbonyl (C=O) groups excluding carboxylic acids is 1. The van der Waals surface area contributed by atoms with E-state index in [9.17, 15) is 4.79 Å². The van der Waals surface area contributed by atoms with Gasteiger partial charge in [-0.15, -0.1) is 23.1 Å². The molecule has 0 radical (unpaired) electrons. The lowest BCUT2D eigenvalue weighted by atomic mass is 10.6. The molecule has 0 aliphatic rings. The molecule has 3 nitrogen and oxygen atoms in total. The number of rotatable bonds is 4. The third-order valence-corrected chi connectivity index (χ3v) is 3.47. The van der Waals surface area contributed by atoms with Crippen molar-refractivity contribution < 1.29 is 9.53 Å². The average Bonchev–Trinajstić information content (AvgIpc) is 2.51. The van der Waals surface area contributed by atoms with Crippen LogP contribution in [-0.2, 0) is 15.3 Å². The number of nitrogens with zero attached hydrogens (tertiary/aromatic N) is 1. The van der Waals surface area contributed by atoms with E-state index in [1.807, 2.05) is 0 Å². The van der Waals surface area contributed by atoms with Gasteiger partial charge in [0.2, 0.25) is 0 Å². The van der Waals surface area contributed by atoms with Gasteiger partial charge in [-0.1, -0.05) is 11.6 Å². The van der Waals surface area contributed by atoms with Gasteiger partial charge in [0, 0.05) is 16.8 Å². The second-order valence-corrected chi connectivity index (χ2v) is 4.83. The summed E-state index contributed by atoms with van der Waals surface area (Å²) < 4.78 is 5.03. The number of esters is 1. The predicted molar refractivity (Wildman–Crippen MR) is 55.3 cm³/mol. The summed E-state index contributed by atoms with van der Waals surface area (Å²) in [5.74, 6) is 0.909. The van der Waals surface area contributed by atoms with Crippen molar-refractivity contribution in [3.8, 4) is 0 Å². The number of ether oxygens (including phenoxy) is 1. The number of methoxy groups -OCH3 is 1. The van der Waals surface area contributed by atoms with Gasteiger partial charge in [-0.25, -0.2) is 4.98 Å². The first kappa shape index (κ1) is 10.8. The molecule has 0 saturated heterocycles. The molecule has 1 aromatic rings. The van der Waals surface area contributed by atoms with Gasteiger partial charge in [0.15, 0.2) is 4.47 Å². The summed E-state index contributed by atoms with van der Waals surface area (Å²) in [5.41, 5.74) is 0. The Morgan fingerprint density at radius 3 is 3.15 bits per heavy atom. The Balaban J connectivity index is 2.24. The molecule has 0 bridgehead atoms. The van der Waals surface area contributed by atoms with E-state index in [4.69, 9.17) is 11.6 Å². The van der Waals surface area contributed by atoms with Crippen molar-refractivity contribution in [3.63, 3.8) is 0 Å². The second kappa shape index (κ2) is 5.47. The van der Waals surface area contributed by atoms with E-state index in [0.29, 0.717) is 10.2 Å². The number of carbonyl (C=O) groups is 1. The fourth-order valence-electron chi connectivity index (χ4n) is 0.644. The molecule has 0 N–H and O–H groups in total. The normalized spacial score (nSPS) is 10.0. The van der Waals surface area contributed by atoms with Gasteiger partial charge >= 0.3 is 5.97 Å². The molecule has 0 aliphatic carbocycles. The van der Waals surface area contributed by atoms with E-state index < -0.39 is 0 Å². The molecule has 0 amide bonds. The van der Waals surface area contributed by atoms with Crippen LogP contribution in [0.1, 0.15) is 4.88 Å². The molecule has 0 unspecified atom stereocenters. The summed E-state index contributed by atoms with van der Waals surface area (Å²) in [7, 11) is 1.38. The van der Waals surface area contributed by atoms with Crippen LogP contribution in [0.2, 0.25) is 4.47 Å². The minimum atomic E-state index is -0.208. The van der Waals surface area contributed by atoms with Crippen LogP contribution in [0.25, 0.3) is 0 Å². The lowest BCUT2D eigenvalue weighted by Gasteiger charge is -1.96. The Morgan fingerprint density at radius 2 is 2.62 bits per heavy atom. The van der Waals surface area contributed by atoms with Gasteiger partial charge in [-0.05, 0) is 0 Å². The molecular formula is C7H8ClNO2S2. The molecule has 1 heterocycles. The van der Waals surface area contributed by atoms with Crippen LogP contribution in [0.3, 0.4) is 0 Å².